The van der Waals surface area contributed by atoms with Crippen LogP contribution >= 0.6 is 23.2 Å². The molecular weight excluding hydrogens is 388 g/mol. The first-order valence-corrected chi connectivity index (χ1v) is 8.62. The van der Waals surface area contributed by atoms with E-state index in [1.165, 1.54) is 12.1 Å². The number of nitrogens with zero attached hydrogens (tertiary/aromatic N) is 2. The van der Waals surface area contributed by atoms with E-state index in [1.807, 2.05) is 0 Å². The van der Waals surface area contributed by atoms with E-state index in [0.717, 1.165) is 25.5 Å². The molecule has 0 unspecified atom stereocenters. The maximum absolute atomic E-state index is 13.5. The molecular formula is C17H15Cl2F3N4. The minimum Gasteiger partial charge on any atom is -0.382 e. The van der Waals surface area contributed by atoms with E-state index in [0.29, 0.717) is 10.7 Å². The van der Waals surface area contributed by atoms with Crippen molar-refractivity contribution in [3.8, 4) is 0 Å². The Morgan fingerprint density at radius 2 is 1.96 bits per heavy atom. The summed E-state index contributed by atoms with van der Waals surface area (Å²) < 4.78 is 40.4. The monoisotopic (exact) mass is 402 g/mol. The van der Waals surface area contributed by atoms with Gasteiger partial charge in [0, 0.05) is 28.5 Å². The van der Waals surface area contributed by atoms with Crippen molar-refractivity contribution in [2.45, 2.75) is 31.5 Å². The van der Waals surface area contributed by atoms with Gasteiger partial charge in [-0.2, -0.15) is 13.2 Å². The number of rotatable bonds is 5. The SMILES string of the molecule is C=C(NC1CCC1)c1cnc(Nc2ccc(Cl)cc2Cl)nc1C(F)(F)F. The number of benzene rings is 1. The summed E-state index contributed by atoms with van der Waals surface area (Å²) in [4.78, 5) is 7.60. The minimum absolute atomic E-state index is 0.147. The molecule has 2 aromatic rings. The lowest BCUT2D eigenvalue weighted by Gasteiger charge is -2.29. The van der Waals surface area contributed by atoms with Crippen LogP contribution in [0, 0.1) is 0 Å². The molecule has 1 aliphatic carbocycles. The third-order valence-corrected chi connectivity index (χ3v) is 4.59. The van der Waals surface area contributed by atoms with Crippen molar-refractivity contribution in [2.75, 3.05) is 5.32 Å². The fourth-order valence-corrected chi connectivity index (χ4v) is 2.92. The molecule has 0 spiro atoms. The standard InChI is InChI=1S/C17H15Cl2F3N4/c1-9(24-11-3-2-4-11)12-8-23-16(26-15(12)17(20,21)22)25-14-6-5-10(18)7-13(14)19/h5-8,11,24H,1-4H2,(H,23,25,26). The van der Waals surface area contributed by atoms with E-state index in [-0.39, 0.29) is 28.3 Å². The molecule has 138 valence electrons. The van der Waals surface area contributed by atoms with Crippen LogP contribution in [-0.4, -0.2) is 16.0 Å². The summed E-state index contributed by atoms with van der Waals surface area (Å²) in [5.74, 6) is -0.221. The maximum Gasteiger partial charge on any atom is 0.434 e. The molecule has 4 nitrogen and oxygen atoms in total. The normalized spacial score (nSPS) is 14.7. The van der Waals surface area contributed by atoms with Gasteiger partial charge >= 0.3 is 6.18 Å². The zero-order valence-electron chi connectivity index (χ0n) is 13.5. The van der Waals surface area contributed by atoms with Crippen LogP contribution in [0.1, 0.15) is 30.5 Å². The molecule has 1 aliphatic rings. The fourth-order valence-electron chi connectivity index (χ4n) is 2.47. The van der Waals surface area contributed by atoms with Gasteiger partial charge in [-0.15, -0.1) is 0 Å². The average molecular weight is 403 g/mol. The molecule has 1 saturated carbocycles. The zero-order chi connectivity index (χ0) is 18.9. The summed E-state index contributed by atoms with van der Waals surface area (Å²) in [6, 6.07) is 4.70. The summed E-state index contributed by atoms with van der Waals surface area (Å²) >= 11 is 11.8. The van der Waals surface area contributed by atoms with Crippen LogP contribution in [0.4, 0.5) is 24.8 Å². The Kier molecular flexibility index (Phi) is 5.29. The smallest absolute Gasteiger partial charge is 0.382 e. The largest absolute Gasteiger partial charge is 0.434 e. The van der Waals surface area contributed by atoms with E-state index >= 15 is 0 Å². The fraction of sp³-hybridized carbons (Fsp3) is 0.294. The van der Waals surface area contributed by atoms with Crippen molar-refractivity contribution in [1.82, 2.24) is 15.3 Å². The zero-order valence-corrected chi connectivity index (χ0v) is 15.0. The number of hydrogen-bond donors (Lipinski definition) is 2. The first kappa shape index (κ1) is 18.8. The number of alkyl halides is 3. The molecule has 1 fully saturated rings. The van der Waals surface area contributed by atoms with Crippen molar-refractivity contribution in [2.24, 2.45) is 0 Å². The molecule has 0 saturated heterocycles. The van der Waals surface area contributed by atoms with Crippen LogP contribution in [-0.2, 0) is 6.18 Å². The number of aromatic nitrogens is 2. The Morgan fingerprint density at radius 3 is 2.54 bits per heavy atom. The predicted octanol–water partition coefficient (Wildman–Crippen LogP) is 5.66. The highest BCUT2D eigenvalue weighted by Gasteiger charge is 2.37. The first-order chi connectivity index (χ1) is 12.2. The molecule has 0 aliphatic heterocycles. The molecule has 3 rings (SSSR count). The predicted molar refractivity (Wildman–Crippen MR) is 96.6 cm³/mol. The highest BCUT2D eigenvalue weighted by molar-refractivity contribution is 6.36. The highest BCUT2D eigenvalue weighted by atomic mass is 35.5. The van der Waals surface area contributed by atoms with Gasteiger partial charge < -0.3 is 10.6 Å². The van der Waals surface area contributed by atoms with E-state index in [4.69, 9.17) is 23.2 Å². The number of anilines is 2. The van der Waals surface area contributed by atoms with Gasteiger partial charge in [-0.25, -0.2) is 9.97 Å². The van der Waals surface area contributed by atoms with Crippen molar-refractivity contribution in [1.29, 1.82) is 0 Å². The van der Waals surface area contributed by atoms with Crippen LogP contribution in [0.2, 0.25) is 10.0 Å². The quantitative estimate of drug-likeness (QED) is 0.677. The Bertz CT molecular complexity index is 835. The molecule has 1 aromatic heterocycles. The molecule has 2 N–H and O–H groups in total. The minimum atomic E-state index is -4.65. The summed E-state index contributed by atoms with van der Waals surface area (Å²) in [5.41, 5.74) is -0.712. The van der Waals surface area contributed by atoms with Crippen molar-refractivity contribution in [3.63, 3.8) is 0 Å². The Balaban J connectivity index is 1.89. The lowest BCUT2D eigenvalue weighted by atomic mass is 9.92. The molecule has 0 amide bonds. The maximum atomic E-state index is 13.5. The highest BCUT2D eigenvalue weighted by Crippen LogP contribution is 2.34. The van der Waals surface area contributed by atoms with E-state index in [2.05, 4.69) is 27.2 Å². The first-order valence-electron chi connectivity index (χ1n) is 7.86. The third kappa shape index (κ3) is 4.22. The third-order valence-electron chi connectivity index (χ3n) is 4.04. The van der Waals surface area contributed by atoms with Gasteiger partial charge in [-0.1, -0.05) is 29.8 Å². The second-order valence-corrected chi connectivity index (χ2v) is 6.80. The second-order valence-electron chi connectivity index (χ2n) is 5.95. The average Bonchev–Trinajstić information content (AvgIpc) is 2.52. The Morgan fingerprint density at radius 1 is 1.23 bits per heavy atom. The van der Waals surface area contributed by atoms with Gasteiger partial charge in [-0.3, -0.25) is 0 Å². The van der Waals surface area contributed by atoms with Crippen molar-refractivity contribution < 1.29 is 13.2 Å². The second kappa shape index (κ2) is 7.32. The van der Waals surface area contributed by atoms with Crippen LogP contribution < -0.4 is 10.6 Å². The lowest BCUT2D eigenvalue weighted by Crippen LogP contribution is -2.34. The van der Waals surface area contributed by atoms with Crippen LogP contribution in [0.25, 0.3) is 5.70 Å². The number of hydrogen-bond acceptors (Lipinski definition) is 4. The van der Waals surface area contributed by atoms with Gasteiger partial charge in [0.1, 0.15) is 0 Å². The number of halogens is 5. The lowest BCUT2D eigenvalue weighted by molar-refractivity contribution is -0.141. The van der Waals surface area contributed by atoms with Gasteiger partial charge in [-0.05, 0) is 37.5 Å². The van der Waals surface area contributed by atoms with Crippen LogP contribution in [0.3, 0.4) is 0 Å². The van der Waals surface area contributed by atoms with Gasteiger partial charge in [0.05, 0.1) is 10.7 Å². The van der Waals surface area contributed by atoms with Crippen LogP contribution in [0.15, 0.2) is 31.0 Å². The van der Waals surface area contributed by atoms with Crippen molar-refractivity contribution in [3.05, 3.63) is 52.3 Å². The Labute approximate surface area is 158 Å². The summed E-state index contributed by atoms with van der Waals surface area (Å²) in [6.07, 6.45) is -0.664. The van der Waals surface area contributed by atoms with E-state index < -0.39 is 11.9 Å². The Hall–Kier alpha value is -1.99. The number of nitrogens with one attached hydrogen (secondary N) is 2. The summed E-state index contributed by atoms with van der Waals surface area (Å²) in [5, 5.41) is 6.33. The van der Waals surface area contributed by atoms with Crippen molar-refractivity contribution >= 4 is 40.5 Å². The van der Waals surface area contributed by atoms with Gasteiger partial charge in [0.25, 0.3) is 0 Å². The van der Waals surface area contributed by atoms with Gasteiger partial charge in [0.15, 0.2) is 5.69 Å². The van der Waals surface area contributed by atoms with E-state index in [9.17, 15) is 13.2 Å². The topological polar surface area (TPSA) is 49.8 Å². The molecule has 0 radical (unpaired) electrons. The molecule has 9 heteroatoms. The molecule has 26 heavy (non-hydrogen) atoms. The van der Waals surface area contributed by atoms with Crippen LogP contribution in [0.5, 0.6) is 0 Å². The summed E-state index contributed by atoms with van der Waals surface area (Å²) in [6.45, 7) is 3.71. The van der Waals surface area contributed by atoms with Gasteiger partial charge in [0.2, 0.25) is 5.95 Å². The summed E-state index contributed by atoms with van der Waals surface area (Å²) in [7, 11) is 0. The molecule has 1 heterocycles. The molecule has 0 atom stereocenters. The van der Waals surface area contributed by atoms with E-state index in [1.54, 1.807) is 6.07 Å². The molecule has 0 bridgehead atoms. The molecule has 1 aromatic carbocycles.